The number of rotatable bonds is 2. The molecule has 1 heterocycles. The SMILES string of the molecule is CCCc1nc2cc3c(cc2o1)CCCC3. The summed E-state index contributed by atoms with van der Waals surface area (Å²) in [5.74, 6) is 0.889. The van der Waals surface area contributed by atoms with Gasteiger partial charge in [-0.15, -0.1) is 0 Å². The molecule has 0 N–H and O–H groups in total. The fraction of sp³-hybridized carbons (Fsp3) is 0.500. The topological polar surface area (TPSA) is 26.0 Å². The Morgan fingerprint density at radius 1 is 1.19 bits per heavy atom. The largest absolute Gasteiger partial charge is 0.441 e. The molecule has 1 aromatic heterocycles. The molecule has 0 saturated carbocycles. The maximum absolute atomic E-state index is 5.76. The maximum Gasteiger partial charge on any atom is 0.195 e. The van der Waals surface area contributed by atoms with Crippen LogP contribution in [0.4, 0.5) is 0 Å². The van der Waals surface area contributed by atoms with Crippen LogP contribution in [0.5, 0.6) is 0 Å². The van der Waals surface area contributed by atoms with Gasteiger partial charge in [-0.3, -0.25) is 0 Å². The molecule has 2 aromatic rings. The summed E-state index contributed by atoms with van der Waals surface area (Å²) in [6.07, 6.45) is 7.08. The Balaban J connectivity index is 2.09. The Morgan fingerprint density at radius 2 is 1.94 bits per heavy atom. The van der Waals surface area contributed by atoms with Crippen molar-refractivity contribution in [2.45, 2.75) is 45.4 Å². The third-order valence-corrected chi connectivity index (χ3v) is 3.36. The Hall–Kier alpha value is -1.31. The number of benzene rings is 1. The third kappa shape index (κ3) is 1.62. The second kappa shape index (κ2) is 3.93. The Kier molecular flexibility index (Phi) is 2.43. The minimum Gasteiger partial charge on any atom is -0.441 e. The quantitative estimate of drug-likeness (QED) is 0.764. The fourth-order valence-electron chi connectivity index (χ4n) is 2.52. The van der Waals surface area contributed by atoms with Crippen molar-refractivity contribution in [1.82, 2.24) is 4.98 Å². The summed E-state index contributed by atoms with van der Waals surface area (Å²) in [6.45, 7) is 2.15. The number of hydrogen-bond donors (Lipinski definition) is 0. The second-order valence-corrected chi connectivity index (χ2v) is 4.65. The van der Waals surface area contributed by atoms with E-state index in [1.807, 2.05) is 0 Å². The summed E-state index contributed by atoms with van der Waals surface area (Å²) in [5, 5.41) is 0. The molecule has 1 aliphatic carbocycles. The Morgan fingerprint density at radius 3 is 2.69 bits per heavy atom. The summed E-state index contributed by atoms with van der Waals surface area (Å²) in [7, 11) is 0. The first-order chi connectivity index (χ1) is 7.86. The lowest BCUT2D eigenvalue weighted by Crippen LogP contribution is -2.01. The molecule has 0 amide bonds. The zero-order chi connectivity index (χ0) is 11.0. The number of fused-ring (bicyclic) bond motifs is 2. The zero-order valence-corrected chi connectivity index (χ0v) is 9.75. The van der Waals surface area contributed by atoms with Crippen LogP contribution in [-0.2, 0) is 19.3 Å². The van der Waals surface area contributed by atoms with E-state index in [2.05, 4.69) is 24.0 Å². The number of nitrogens with zero attached hydrogens (tertiary/aromatic N) is 1. The van der Waals surface area contributed by atoms with Crippen LogP contribution in [0.1, 0.15) is 43.2 Å². The Labute approximate surface area is 95.7 Å². The molecule has 2 heteroatoms. The number of aromatic nitrogens is 1. The zero-order valence-electron chi connectivity index (χ0n) is 9.75. The minimum atomic E-state index is 0.889. The molecular formula is C14H17NO. The summed E-state index contributed by atoms with van der Waals surface area (Å²) in [5.41, 5.74) is 4.97. The molecule has 16 heavy (non-hydrogen) atoms. The van der Waals surface area contributed by atoms with Crippen LogP contribution < -0.4 is 0 Å². The molecule has 0 radical (unpaired) electrons. The molecule has 1 aromatic carbocycles. The van der Waals surface area contributed by atoms with E-state index in [0.717, 1.165) is 29.8 Å². The van der Waals surface area contributed by atoms with Gasteiger partial charge in [0.05, 0.1) is 0 Å². The standard InChI is InChI=1S/C14H17NO/c1-2-5-14-15-12-8-10-6-3-4-7-11(10)9-13(12)16-14/h8-9H,2-7H2,1H3. The van der Waals surface area contributed by atoms with Gasteiger partial charge in [0, 0.05) is 6.42 Å². The van der Waals surface area contributed by atoms with Crippen molar-refractivity contribution in [3.63, 3.8) is 0 Å². The average molecular weight is 215 g/mol. The number of oxazole rings is 1. The highest BCUT2D eigenvalue weighted by molar-refractivity contribution is 5.75. The summed E-state index contributed by atoms with van der Waals surface area (Å²) in [4.78, 5) is 4.54. The normalized spacial score (nSPS) is 15.3. The van der Waals surface area contributed by atoms with Gasteiger partial charge in [-0.1, -0.05) is 6.92 Å². The van der Waals surface area contributed by atoms with E-state index >= 15 is 0 Å². The van der Waals surface area contributed by atoms with E-state index in [9.17, 15) is 0 Å². The van der Waals surface area contributed by atoms with Crippen LogP contribution in [0, 0.1) is 0 Å². The highest BCUT2D eigenvalue weighted by Crippen LogP contribution is 2.27. The van der Waals surface area contributed by atoms with Crippen LogP contribution in [0.2, 0.25) is 0 Å². The summed E-state index contributed by atoms with van der Waals surface area (Å²) < 4.78 is 5.76. The maximum atomic E-state index is 5.76. The third-order valence-electron chi connectivity index (χ3n) is 3.36. The van der Waals surface area contributed by atoms with Gasteiger partial charge in [0.15, 0.2) is 11.5 Å². The molecule has 0 unspecified atom stereocenters. The molecule has 0 aliphatic heterocycles. The lowest BCUT2D eigenvalue weighted by atomic mass is 9.91. The molecule has 1 aliphatic rings. The van der Waals surface area contributed by atoms with E-state index < -0.39 is 0 Å². The predicted octanol–water partition coefficient (Wildman–Crippen LogP) is 3.66. The van der Waals surface area contributed by atoms with Gasteiger partial charge in [-0.25, -0.2) is 4.98 Å². The fourth-order valence-corrected chi connectivity index (χ4v) is 2.52. The molecule has 2 nitrogen and oxygen atoms in total. The van der Waals surface area contributed by atoms with E-state index in [0.29, 0.717) is 0 Å². The monoisotopic (exact) mass is 215 g/mol. The molecule has 84 valence electrons. The van der Waals surface area contributed by atoms with Crippen molar-refractivity contribution in [2.24, 2.45) is 0 Å². The van der Waals surface area contributed by atoms with Crippen molar-refractivity contribution >= 4 is 11.1 Å². The summed E-state index contributed by atoms with van der Waals surface area (Å²) in [6, 6.07) is 4.43. The van der Waals surface area contributed by atoms with E-state index in [4.69, 9.17) is 4.42 Å². The van der Waals surface area contributed by atoms with Gasteiger partial charge in [-0.2, -0.15) is 0 Å². The first kappa shape index (κ1) is 9.88. The van der Waals surface area contributed by atoms with Crippen LogP contribution in [0.3, 0.4) is 0 Å². The lowest BCUT2D eigenvalue weighted by molar-refractivity contribution is 0.525. The van der Waals surface area contributed by atoms with E-state index in [-0.39, 0.29) is 0 Å². The summed E-state index contributed by atoms with van der Waals surface area (Å²) >= 11 is 0. The smallest absolute Gasteiger partial charge is 0.195 e. The average Bonchev–Trinajstić information content (AvgIpc) is 2.67. The van der Waals surface area contributed by atoms with Gasteiger partial charge < -0.3 is 4.42 Å². The highest BCUT2D eigenvalue weighted by Gasteiger charge is 2.13. The van der Waals surface area contributed by atoms with Crippen molar-refractivity contribution in [3.05, 3.63) is 29.2 Å². The number of aryl methyl sites for hydroxylation is 3. The predicted molar refractivity (Wildman–Crippen MR) is 64.6 cm³/mol. The first-order valence-corrected chi connectivity index (χ1v) is 6.28. The van der Waals surface area contributed by atoms with E-state index in [1.165, 1.54) is 36.8 Å². The Bertz CT molecular complexity index is 470. The van der Waals surface area contributed by atoms with Crippen LogP contribution in [0.25, 0.3) is 11.1 Å². The van der Waals surface area contributed by atoms with Gasteiger partial charge in [0.1, 0.15) is 5.52 Å². The first-order valence-electron chi connectivity index (χ1n) is 6.28. The van der Waals surface area contributed by atoms with Gasteiger partial charge in [0.2, 0.25) is 0 Å². The van der Waals surface area contributed by atoms with Crippen molar-refractivity contribution < 1.29 is 4.42 Å². The molecule has 0 bridgehead atoms. The molecule has 0 fully saturated rings. The minimum absolute atomic E-state index is 0.889. The van der Waals surface area contributed by atoms with E-state index in [1.54, 1.807) is 0 Å². The second-order valence-electron chi connectivity index (χ2n) is 4.65. The van der Waals surface area contributed by atoms with Crippen LogP contribution >= 0.6 is 0 Å². The molecule has 0 spiro atoms. The van der Waals surface area contributed by atoms with Gasteiger partial charge >= 0.3 is 0 Å². The van der Waals surface area contributed by atoms with Crippen LogP contribution in [0.15, 0.2) is 16.5 Å². The van der Waals surface area contributed by atoms with Crippen molar-refractivity contribution in [1.29, 1.82) is 0 Å². The molecule has 0 saturated heterocycles. The lowest BCUT2D eigenvalue weighted by Gasteiger charge is -2.14. The van der Waals surface area contributed by atoms with Crippen LogP contribution in [-0.4, -0.2) is 4.98 Å². The number of hydrogen-bond acceptors (Lipinski definition) is 2. The van der Waals surface area contributed by atoms with Gasteiger partial charge in [0.25, 0.3) is 0 Å². The van der Waals surface area contributed by atoms with Gasteiger partial charge in [-0.05, 0) is 55.4 Å². The molecule has 0 atom stereocenters. The molecular weight excluding hydrogens is 198 g/mol. The van der Waals surface area contributed by atoms with Crippen molar-refractivity contribution in [2.75, 3.05) is 0 Å². The highest BCUT2D eigenvalue weighted by atomic mass is 16.3. The van der Waals surface area contributed by atoms with Crippen molar-refractivity contribution in [3.8, 4) is 0 Å². The molecule has 3 rings (SSSR count).